The first kappa shape index (κ1) is 29.2. The minimum Gasteiger partial charge on any atom is -0.439 e. The van der Waals surface area contributed by atoms with E-state index in [9.17, 15) is 39.6 Å². The number of hydrogen-bond donors (Lipinski definition) is 1. The van der Waals surface area contributed by atoms with Crippen molar-refractivity contribution in [2.45, 2.75) is 45.2 Å². The van der Waals surface area contributed by atoms with Crippen LogP contribution in [0.5, 0.6) is 11.6 Å². The van der Waals surface area contributed by atoms with Gasteiger partial charge in [-0.3, -0.25) is 4.79 Å². The van der Waals surface area contributed by atoms with E-state index in [0.717, 1.165) is 24.3 Å². The predicted molar refractivity (Wildman–Crippen MR) is 126 cm³/mol. The molecular weight excluding hydrogens is 540 g/mol. The number of carbonyl (C=O) groups is 1. The highest BCUT2D eigenvalue weighted by Gasteiger charge is 2.38. The number of sulfonamides is 1. The van der Waals surface area contributed by atoms with Crippen LogP contribution in [0.25, 0.3) is 11.3 Å². The number of hydrogen-bond acceptors (Lipinski definition) is 5. The van der Waals surface area contributed by atoms with Crippen LogP contribution in [-0.4, -0.2) is 36.4 Å². The van der Waals surface area contributed by atoms with E-state index < -0.39 is 39.2 Å². The first-order valence-corrected chi connectivity index (χ1v) is 12.7. The molecule has 0 saturated carbocycles. The Kier molecular flexibility index (Phi) is 7.99. The molecule has 0 fully saturated rings. The maximum Gasteiger partial charge on any atom is 0.416 e. The number of rotatable bonds is 9. The van der Waals surface area contributed by atoms with Crippen LogP contribution in [0, 0.1) is 0 Å². The molecule has 2 aromatic carbocycles. The summed E-state index contributed by atoms with van der Waals surface area (Å²) in [6.07, 6.45) is -9.01. The Labute approximate surface area is 214 Å². The first-order chi connectivity index (χ1) is 17.5. The summed E-state index contributed by atoms with van der Waals surface area (Å²) in [4.78, 5) is 12.0. The number of aromatic nitrogens is 2. The van der Waals surface area contributed by atoms with E-state index in [1.54, 1.807) is 13.0 Å². The molecule has 7 nitrogen and oxygen atoms in total. The average Bonchev–Trinajstić information content (AvgIpc) is 3.13. The number of aldehydes is 1. The molecule has 3 rings (SSSR count). The minimum absolute atomic E-state index is 0.0243. The summed E-state index contributed by atoms with van der Waals surface area (Å²) in [6, 6.07) is 9.88. The molecule has 0 radical (unpaired) electrons. The molecule has 1 heterocycles. The van der Waals surface area contributed by atoms with E-state index in [0.29, 0.717) is 11.8 Å². The largest absolute Gasteiger partial charge is 0.439 e. The van der Waals surface area contributed by atoms with Crippen molar-refractivity contribution in [1.29, 1.82) is 0 Å². The van der Waals surface area contributed by atoms with Crippen LogP contribution in [0.2, 0.25) is 0 Å². The van der Waals surface area contributed by atoms with Gasteiger partial charge in [-0.2, -0.15) is 31.4 Å². The first-order valence-electron chi connectivity index (χ1n) is 11.1. The number of aryl methyl sites for hydroxylation is 1. The molecule has 3 aromatic rings. The van der Waals surface area contributed by atoms with Crippen molar-refractivity contribution in [1.82, 2.24) is 14.5 Å². The van der Waals surface area contributed by atoms with Crippen LogP contribution in [0.1, 0.15) is 42.3 Å². The Morgan fingerprint density at radius 3 is 2.16 bits per heavy atom. The SMILES string of the molecule is CCn1nc(-c2cccc(C(C)(C)NS(=O)(=O)CC(F)(F)F)c2)c(C=O)c1Oc1ccc(C(F)(F)F)cc1. The van der Waals surface area contributed by atoms with Crippen molar-refractivity contribution < 1.29 is 44.3 Å². The molecule has 0 aliphatic carbocycles. The van der Waals surface area contributed by atoms with Gasteiger partial charge in [-0.15, -0.1) is 0 Å². The summed E-state index contributed by atoms with van der Waals surface area (Å²) in [5.41, 5.74) is -1.63. The van der Waals surface area contributed by atoms with Crippen molar-refractivity contribution in [3.63, 3.8) is 0 Å². The number of nitrogens with zero attached hydrogens (tertiary/aromatic N) is 2. The van der Waals surface area contributed by atoms with Crippen LogP contribution < -0.4 is 9.46 Å². The molecule has 38 heavy (non-hydrogen) atoms. The molecule has 1 aromatic heterocycles. The zero-order valence-electron chi connectivity index (χ0n) is 20.3. The fourth-order valence-electron chi connectivity index (χ4n) is 3.68. The fourth-order valence-corrected chi connectivity index (χ4v) is 5.08. The number of benzene rings is 2. The van der Waals surface area contributed by atoms with E-state index in [4.69, 9.17) is 4.74 Å². The van der Waals surface area contributed by atoms with Gasteiger partial charge in [0.25, 0.3) is 0 Å². The molecular formula is C24H23F6N3O4S. The van der Waals surface area contributed by atoms with Crippen LogP contribution in [-0.2, 0) is 28.3 Å². The summed E-state index contributed by atoms with van der Waals surface area (Å²) in [6.45, 7) is 4.67. The maximum absolute atomic E-state index is 12.9. The summed E-state index contributed by atoms with van der Waals surface area (Å²) >= 11 is 0. The van der Waals surface area contributed by atoms with Gasteiger partial charge in [-0.05, 0) is 56.7 Å². The van der Waals surface area contributed by atoms with Crippen molar-refractivity contribution in [2.75, 3.05) is 5.75 Å². The number of carbonyl (C=O) groups excluding carboxylic acids is 1. The number of ether oxygens (including phenoxy) is 1. The number of alkyl halides is 6. The van der Waals surface area contributed by atoms with Gasteiger partial charge in [-0.1, -0.05) is 18.2 Å². The van der Waals surface area contributed by atoms with E-state index in [-0.39, 0.29) is 35.0 Å². The third-order valence-corrected chi connectivity index (χ3v) is 6.90. The third kappa shape index (κ3) is 6.92. The smallest absolute Gasteiger partial charge is 0.416 e. The van der Waals surface area contributed by atoms with Crippen molar-refractivity contribution in [3.05, 3.63) is 65.2 Å². The quantitative estimate of drug-likeness (QED) is 0.258. The summed E-state index contributed by atoms with van der Waals surface area (Å²) in [7, 11) is -4.73. The second-order valence-electron chi connectivity index (χ2n) is 8.81. The Hall–Kier alpha value is -3.39. The molecule has 0 saturated heterocycles. The molecule has 0 aliphatic heterocycles. The monoisotopic (exact) mass is 563 g/mol. The molecule has 0 unspecified atom stereocenters. The van der Waals surface area contributed by atoms with E-state index in [1.807, 2.05) is 4.72 Å². The lowest BCUT2D eigenvalue weighted by molar-refractivity contribution is -0.137. The average molecular weight is 564 g/mol. The van der Waals surface area contributed by atoms with Gasteiger partial charge >= 0.3 is 12.4 Å². The fraction of sp³-hybridized carbons (Fsp3) is 0.333. The van der Waals surface area contributed by atoms with Gasteiger partial charge in [0, 0.05) is 12.1 Å². The third-order valence-electron chi connectivity index (χ3n) is 5.38. The summed E-state index contributed by atoms with van der Waals surface area (Å²) in [5.74, 6) is -2.06. The van der Waals surface area contributed by atoms with Crippen LogP contribution in [0.3, 0.4) is 0 Å². The highest BCUT2D eigenvalue weighted by Crippen LogP contribution is 2.36. The normalized spacial score (nSPS) is 13.0. The Bertz CT molecular complexity index is 1410. The summed E-state index contributed by atoms with van der Waals surface area (Å²) < 4.78 is 110. The van der Waals surface area contributed by atoms with Crippen molar-refractivity contribution in [2.24, 2.45) is 0 Å². The van der Waals surface area contributed by atoms with E-state index in [2.05, 4.69) is 5.10 Å². The predicted octanol–water partition coefficient (Wildman–Crippen LogP) is 5.91. The minimum atomic E-state index is -4.93. The molecule has 14 heteroatoms. The van der Waals surface area contributed by atoms with Crippen LogP contribution >= 0.6 is 0 Å². The van der Waals surface area contributed by atoms with Crippen LogP contribution in [0.15, 0.2) is 48.5 Å². The van der Waals surface area contributed by atoms with Gasteiger partial charge in [0.05, 0.1) is 11.1 Å². The zero-order valence-corrected chi connectivity index (χ0v) is 21.1. The molecule has 1 N–H and O–H groups in total. The lowest BCUT2D eigenvalue weighted by Gasteiger charge is -2.27. The number of nitrogens with one attached hydrogen (secondary N) is 1. The lowest BCUT2D eigenvalue weighted by atomic mass is 9.93. The molecule has 0 atom stereocenters. The van der Waals surface area contributed by atoms with Gasteiger partial charge in [0.1, 0.15) is 17.0 Å². The van der Waals surface area contributed by atoms with Gasteiger partial charge < -0.3 is 4.74 Å². The molecule has 0 bridgehead atoms. The van der Waals surface area contributed by atoms with Gasteiger partial charge in [0.15, 0.2) is 12.0 Å². The maximum atomic E-state index is 12.9. The Balaban J connectivity index is 1.98. The Morgan fingerprint density at radius 2 is 1.63 bits per heavy atom. The number of halogens is 6. The molecule has 0 aliphatic rings. The second-order valence-corrected chi connectivity index (χ2v) is 10.5. The van der Waals surface area contributed by atoms with Gasteiger partial charge in [0.2, 0.25) is 15.9 Å². The highest BCUT2D eigenvalue weighted by atomic mass is 32.2. The molecule has 206 valence electrons. The standard InChI is InChI=1S/C24H23F6N3O4S/c1-4-33-21(37-18-10-8-16(9-11-18)24(28,29)30)19(13-34)20(31-33)15-6-5-7-17(12-15)22(2,3)32-38(35,36)14-23(25,26)27/h5-13,32H,4,14H2,1-3H3. The van der Waals surface area contributed by atoms with Crippen molar-refractivity contribution in [3.8, 4) is 22.9 Å². The van der Waals surface area contributed by atoms with E-state index in [1.165, 1.54) is 36.7 Å². The zero-order chi connectivity index (χ0) is 28.5. The summed E-state index contributed by atoms with van der Waals surface area (Å²) in [5, 5.41) is 4.36. The Morgan fingerprint density at radius 1 is 1.00 bits per heavy atom. The van der Waals surface area contributed by atoms with E-state index >= 15 is 0 Å². The van der Waals surface area contributed by atoms with Gasteiger partial charge in [-0.25, -0.2) is 17.8 Å². The molecule has 0 amide bonds. The molecule has 0 spiro atoms. The van der Waals surface area contributed by atoms with Crippen LogP contribution in [0.4, 0.5) is 26.3 Å². The topological polar surface area (TPSA) is 90.3 Å². The second kappa shape index (κ2) is 10.4. The van der Waals surface area contributed by atoms with Crippen molar-refractivity contribution >= 4 is 16.3 Å². The lowest BCUT2D eigenvalue weighted by Crippen LogP contribution is -2.44. The highest BCUT2D eigenvalue weighted by molar-refractivity contribution is 7.89.